The molecule has 4 aromatic rings. The van der Waals surface area contributed by atoms with Gasteiger partial charge in [0.1, 0.15) is 11.6 Å². The summed E-state index contributed by atoms with van der Waals surface area (Å²) in [7, 11) is -2.35. The normalized spacial score (nSPS) is 11.7. The largest absolute Gasteiger partial charge is 0.430 e. The summed E-state index contributed by atoms with van der Waals surface area (Å²) in [5.74, 6) is 0.0259. The molecule has 0 bridgehead atoms. The van der Waals surface area contributed by atoms with E-state index >= 15 is 0 Å². The van der Waals surface area contributed by atoms with Gasteiger partial charge in [-0.05, 0) is 66.8 Å². The van der Waals surface area contributed by atoms with Crippen LogP contribution in [0.1, 0.15) is 5.69 Å². The molecule has 0 spiro atoms. The van der Waals surface area contributed by atoms with E-state index in [1.165, 1.54) is 30.5 Å². The van der Waals surface area contributed by atoms with Gasteiger partial charge >= 0.3 is 0 Å². The van der Waals surface area contributed by atoms with Crippen molar-refractivity contribution in [2.75, 3.05) is 11.4 Å². The predicted octanol–water partition coefficient (Wildman–Crippen LogP) is 3.86. The highest BCUT2D eigenvalue weighted by Gasteiger charge is 2.21. The van der Waals surface area contributed by atoms with Crippen molar-refractivity contribution in [2.24, 2.45) is 0 Å². The molecule has 4 rings (SSSR count). The fraction of sp³-hybridized carbons (Fsp3) is 0.111. The number of hydrogen-bond acceptors (Lipinski definition) is 6. The summed E-state index contributed by atoms with van der Waals surface area (Å²) >= 11 is 1.31. The van der Waals surface area contributed by atoms with Gasteiger partial charge in [0.05, 0.1) is 22.5 Å². The minimum absolute atomic E-state index is 0.0122. The summed E-state index contributed by atoms with van der Waals surface area (Å²) in [6.07, 6.45) is 1.80. The van der Waals surface area contributed by atoms with Crippen molar-refractivity contribution >= 4 is 32.0 Å². The van der Waals surface area contributed by atoms with Crippen LogP contribution in [-0.2, 0) is 10.0 Å². The van der Waals surface area contributed by atoms with Crippen molar-refractivity contribution in [2.45, 2.75) is 11.8 Å². The minimum Gasteiger partial charge on any atom is -0.430 e. The average Bonchev–Trinajstić information content (AvgIpc) is 3.18. The molecule has 10 heteroatoms. The van der Waals surface area contributed by atoms with Crippen molar-refractivity contribution in [3.63, 3.8) is 0 Å². The number of aryl methyl sites for hydroxylation is 1. The molecule has 0 unspecified atom stereocenters. The molecule has 0 fully saturated rings. The molecule has 28 heavy (non-hydrogen) atoms. The third-order valence-electron chi connectivity index (χ3n) is 4.02. The Hall–Kier alpha value is -2.98. The highest BCUT2D eigenvalue weighted by Crippen LogP contribution is 2.29. The fourth-order valence-electron chi connectivity index (χ4n) is 2.56. The lowest BCUT2D eigenvalue weighted by atomic mass is 10.3. The summed E-state index contributed by atoms with van der Waals surface area (Å²) in [4.78, 5) is 5.06. The predicted molar refractivity (Wildman–Crippen MR) is 104 cm³/mol. The maximum atomic E-state index is 13.1. The maximum absolute atomic E-state index is 13.1. The molecule has 0 N–H and O–H groups in total. The number of sulfonamides is 1. The van der Waals surface area contributed by atoms with Crippen LogP contribution in [-0.4, -0.2) is 30.1 Å². The van der Waals surface area contributed by atoms with E-state index in [0.29, 0.717) is 16.6 Å². The number of rotatable bonds is 5. The molecule has 2 aromatic carbocycles. The van der Waals surface area contributed by atoms with Gasteiger partial charge in [0.2, 0.25) is 4.96 Å². The number of halogens is 1. The topological polar surface area (TPSA) is 76.8 Å². The summed E-state index contributed by atoms with van der Waals surface area (Å²) in [6, 6.07) is 11.3. The van der Waals surface area contributed by atoms with Gasteiger partial charge in [-0.25, -0.2) is 22.3 Å². The molecule has 0 aliphatic rings. The third-order valence-corrected chi connectivity index (χ3v) is 6.62. The quantitative estimate of drug-likeness (QED) is 0.492. The monoisotopic (exact) mass is 418 g/mol. The van der Waals surface area contributed by atoms with Crippen LogP contribution in [0.4, 0.5) is 10.1 Å². The Bertz CT molecular complexity index is 1200. The lowest BCUT2D eigenvalue weighted by Crippen LogP contribution is -2.26. The minimum atomic E-state index is -3.79. The van der Waals surface area contributed by atoms with Crippen LogP contribution in [0, 0.1) is 12.7 Å². The molecule has 0 atom stereocenters. The van der Waals surface area contributed by atoms with E-state index in [-0.39, 0.29) is 4.90 Å². The van der Waals surface area contributed by atoms with Gasteiger partial charge in [-0.15, -0.1) is 5.10 Å². The molecule has 2 heterocycles. The first-order chi connectivity index (χ1) is 13.3. The van der Waals surface area contributed by atoms with Crippen molar-refractivity contribution in [3.8, 4) is 10.9 Å². The van der Waals surface area contributed by atoms with E-state index in [9.17, 15) is 12.8 Å². The fourth-order valence-corrected chi connectivity index (χ4v) is 4.56. The molecule has 7 nitrogen and oxygen atoms in total. The van der Waals surface area contributed by atoms with Crippen molar-refractivity contribution < 1.29 is 17.5 Å². The summed E-state index contributed by atoms with van der Waals surface area (Å²) in [5, 5.41) is 4.72. The molecule has 0 radical (unpaired) electrons. The number of imidazole rings is 1. The van der Waals surface area contributed by atoms with E-state index in [1.54, 1.807) is 35.0 Å². The number of anilines is 1. The van der Waals surface area contributed by atoms with Crippen LogP contribution >= 0.6 is 11.3 Å². The van der Waals surface area contributed by atoms with Gasteiger partial charge in [0, 0.05) is 7.05 Å². The Morgan fingerprint density at radius 1 is 1.11 bits per heavy atom. The smallest absolute Gasteiger partial charge is 0.299 e. The summed E-state index contributed by atoms with van der Waals surface area (Å²) in [5.41, 5.74) is 1.32. The Morgan fingerprint density at radius 3 is 2.43 bits per heavy atom. The van der Waals surface area contributed by atoms with Crippen LogP contribution < -0.4 is 9.04 Å². The third kappa shape index (κ3) is 3.43. The van der Waals surface area contributed by atoms with Gasteiger partial charge in [-0.1, -0.05) is 0 Å². The van der Waals surface area contributed by atoms with Gasteiger partial charge in [0.15, 0.2) is 0 Å². The van der Waals surface area contributed by atoms with Gasteiger partial charge < -0.3 is 4.74 Å². The van der Waals surface area contributed by atoms with Crippen LogP contribution in [0.25, 0.3) is 4.96 Å². The molecule has 0 saturated heterocycles. The van der Waals surface area contributed by atoms with Crippen LogP contribution in [0.15, 0.2) is 59.6 Å². The summed E-state index contributed by atoms with van der Waals surface area (Å²) < 4.78 is 46.9. The first-order valence-electron chi connectivity index (χ1n) is 8.18. The molecule has 0 aliphatic carbocycles. The molecule has 0 saturated carbocycles. The second-order valence-electron chi connectivity index (χ2n) is 6.00. The van der Waals surface area contributed by atoms with Crippen molar-refractivity contribution in [1.82, 2.24) is 14.6 Å². The summed E-state index contributed by atoms with van der Waals surface area (Å²) in [6.45, 7) is 1.89. The Labute approximate surface area is 164 Å². The highest BCUT2D eigenvalue weighted by atomic mass is 32.2. The number of hydrogen-bond donors (Lipinski definition) is 0. The van der Waals surface area contributed by atoms with Crippen LogP contribution in [0.5, 0.6) is 10.9 Å². The highest BCUT2D eigenvalue weighted by molar-refractivity contribution is 7.92. The van der Waals surface area contributed by atoms with Gasteiger partial charge in [-0.2, -0.15) is 0 Å². The van der Waals surface area contributed by atoms with Crippen LogP contribution in [0.3, 0.4) is 0 Å². The first-order valence-corrected chi connectivity index (χ1v) is 10.4. The number of nitrogens with zero attached hydrogens (tertiary/aromatic N) is 4. The van der Waals surface area contributed by atoms with Crippen LogP contribution in [0.2, 0.25) is 0 Å². The van der Waals surface area contributed by atoms with E-state index in [4.69, 9.17) is 4.74 Å². The molecule has 144 valence electrons. The second-order valence-corrected chi connectivity index (χ2v) is 8.89. The van der Waals surface area contributed by atoms with Gasteiger partial charge in [-0.3, -0.25) is 4.31 Å². The maximum Gasteiger partial charge on any atom is 0.299 e. The standard InChI is InChI=1S/C18H15FN4O3S2/c1-12-11-23-17(20-12)27-18(21-23)26-15-7-5-14(6-8-15)22(2)28(24,25)16-9-3-13(19)4-10-16/h3-11H,1-2H3. The van der Waals surface area contributed by atoms with E-state index < -0.39 is 15.8 Å². The van der Waals surface area contributed by atoms with E-state index in [0.717, 1.165) is 27.1 Å². The van der Waals surface area contributed by atoms with Gasteiger partial charge in [0.25, 0.3) is 15.2 Å². The number of aromatic nitrogens is 3. The molecular weight excluding hydrogens is 403 g/mol. The Kier molecular flexibility index (Phi) is 4.52. The van der Waals surface area contributed by atoms with E-state index in [1.807, 2.05) is 6.92 Å². The zero-order valence-corrected chi connectivity index (χ0v) is 16.5. The number of benzene rings is 2. The first kappa shape index (κ1) is 18.4. The van der Waals surface area contributed by atoms with E-state index in [2.05, 4.69) is 10.1 Å². The zero-order valence-electron chi connectivity index (χ0n) is 14.9. The molecule has 0 amide bonds. The Balaban J connectivity index is 1.53. The lowest BCUT2D eigenvalue weighted by molar-refractivity contribution is 0.470. The second kappa shape index (κ2) is 6.88. The molecular formula is C18H15FN4O3S2. The Morgan fingerprint density at radius 2 is 1.79 bits per heavy atom. The number of ether oxygens (including phenoxy) is 1. The van der Waals surface area contributed by atoms with Crippen molar-refractivity contribution in [1.29, 1.82) is 0 Å². The zero-order chi connectivity index (χ0) is 19.9. The molecule has 2 aromatic heterocycles. The number of fused-ring (bicyclic) bond motifs is 1. The molecule has 0 aliphatic heterocycles. The average molecular weight is 418 g/mol. The SMILES string of the molecule is Cc1cn2nc(Oc3ccc(N(C)S(=O)(=O)c4ccc(F)cc4)cc3)sc2n1. The lowest BCUT2D eigenvalue weighted by Gasteiger charge is -2.19. The van der Waals surface area contributed by atoms with Crippen molar-refractivity contribution in [3.05, 3.63) is 66.2 Å².